The third-order valence-corrected chi connectivity index (χ3v) is 4.00. The van der Waals surface area contributed by atoms with Crippen LogP contribution in [0.2, 0.25) is 0 Å². The van der Waals surface area contributed by atoms with Gasteiger partial charge in [0.25, 0.3) is 0 Å². The third-order valence-electron chi connectivity index (χ3n) is 2.97. The molecule has 17 heavy (non-hydrogen) atoms. The summed E-state index contributed by atoms with van der Waals surface area (Å²) in [5, 5.41) is 2.07. The molecule has 0 spiro atoms. The maximum atomic E-state index is 12.1. The number of benzene rings is 1. The van der Waals surface area contributed by atoms with E-state index < -0.39 is 0 Å². The zero-order chi connectivity index (χ0) is 12.1. The van der Waals surface area contributed by atoms with Gasteiger partial charge in [0.1, 0.15) is 0 Å². The van der Waals surface area contributed by atoms with Gasteiger partial charge in [0.15, 0.2) is 5.78 Å². The molecule has 0 radical (unpaired) electrons. The van der Waals surface area contributed by atoms with Crippen molar-refractivity contribution < 1.29 is 4.79 Å². The van der Waals surface area contributed by atoms with Gasteiger partial charge in [0, 0.05) is 22.8 Å². The summed E-state index contributed by atoms with van der Waals surface area (Å²) >= 11 is 1.74. The van der Waals surface area contributed by atoms with Gasteiger partial charge in [-0.15, -0.1) is 11.3 Å². The summed E-state index contributed by atoms with van der Waals surface area (Å²) in [6, 6.07) is 13.7. The van der Waals surface area contributed by atoms with Gasteiger partial charge in [-0.05, 0) is 17.9 Å². The van der Waals surface area contributed by atoms with E-state index in [-0.39, 0.29) is 5.78 Å². The summed E-state index contributed by atoms with van der Waals surface area (Å²) in [4.78, 5) is 13.4. The normalized spacial score (nSPS) is 12.3. The Balaban J connectivity index is 2.08. The molecule has 0 aliphatic carbocycles. The van der Waals surface area contributed by atoms with E-state index in [0.29, 0.717) is 12.3 Å². The molecule has 1 heterocycles. The van der Waals surface area contributed by atoms with Crippen LogP contribution >= 0.6 is 11.3 Å². The van der Waals surface area contributed by atoms with Gasteiger partial charge < -0.3 is 0 Å². The average Bonchev–Trinajstić information content (AvgIpc) is 2.90. The van der Waals surface area contributed by atoms with E-state index in [2.05, 4.69) is 24.4 Å². The number of ketones is 1. The molecule has 0 N–H and O–H groups in total. The smallest absolute Gasteiger partial charge is 0.163 e. The van der Waals surface area contributed by atoms with Gasteiger partial charge in [0.2, 0.25) is 0 Å². The molecule has 0 amide bonds. The molecular formula is C15H16OS. The molecule has 1 aromatic carbocycles. The Labute approximate surface area is 106 Å². The number of hydrogen-bond acceptors (Lipinski definition) is 2. The molecule has 0 bridgehead atoms. The Hall–Kier alpha value is -1.41. The van der Waals surface area contributed by atoms with Crippen LogP contribution in [0.5, 0.6) is 0 Å². The first-order valence-electron chi connectivity index (χ1n) is 5.93. The second kappa shape index (κ2) is 5.78. The maximum Gasteiger partial charge on any atom is 0.163 e. The summed E-state index contributed by atoms with van der Waals surface area (Å²) in [6.45, 7) is 2.14. The Morgan fingerprint density at radius 1 is 1.18 bits per heavy atom. The highest BCUT2D eigenvalue weighted by Crippen LogP contribution is 2.28. The van der Waals surface area contributed by atoms with Crippen LogP contribution in [-0.4, -0.2) is 5.78 Å². The first-order valence-corrected chi connectivity index (χ1v) is 6.81. The van der Waals surface area contributed by atoms with Gasteiger partial charge in [-0.3, -0.25) is 4.79 Å². The van der Waals surface area contributed by atoms with E-state index in [1.54, 1.807) is 11.3 Å². The largest absolute Gasteiger partial charge is 0.294 e. The molecule has 0 unspecified atom stereocenters. The number of carbonyl (C=O) groups excluding carboxylic acids is 1. The minimum absolute atomic E-state index is 0.242. The molecule has 2 aromatic rings. The van der Waals surface area contributed by atoms with Crippen molar-refractivity contribution in [1.29, 1.82) is 0 Å². The lowest BCUT2D eigenvalue weighted by Gasteiger charge is -2.11. The van der Waals surface area contributed by atoms with Gasteiger partial charge in [-0.2, -0.15) is 0 Å². The number of rotatable bonds is 5. The van der Waals surface area contributed by atoms with E-state index in [9.17, 15) is 4.79 Å². The lowest BCUT2D eigenvalue weighted by atomic mass is 9.95. The summed E-state index contributed by atoms with van der Waals surface area (Å²) in [6.07, 6.45) is 1.63. The van der Waals surface area contributed by atoms with E-state index in [1.807, 2.05) is 30.3 Å². The number of hydrogen-bond donors (Lipinski definition) is 0. The van der Waals surface area contributed by atoms with Crippen LogP contribution in [0, 0.1) is 0 Å². The highest BCUT2D eigenvalue weighted by molar-refractivity contribution is 7.10. The highest BCUT2D eigenvalue weighted by Gasteiger charge is 2.16. The fourth-order valence-electron chi connectivity index (χ4n) is 1.94. The second-order valence-corrected chi connectivity index (χ2v) is 5.09. The highest BCUT2D eigenvalue weighted by atomic mass is 32.1. The van der Waals surface area contributed by atoms with Crippen molar-refractivity contribution in [2.45, 2.75) is 25.7 Å². The predicted octanol–water partition coefficient (Wildman–Crippen LogP) is 4.51. The van der Waals surface area contributed by atoms with Gasteiger partial charge >= 0.3 is 0 Å². The van der Waals surface area contributed by atoms with Gasteiger partial charge in [-0.25, -0.2) is 0 Å². The van der Waals surface area contributed by atoms with Crippen molar-refractivity contribution in [1.82, 2.24) is 0 Å². The van der Waals surface area contributed by atoms with E-state index in [0.717, 1.165) is 12.0 Å². The van der Waals surface area contributed by atoms with Crippen molar-refractivity contribution in [2.75, 3.05) is 0 Å². The summed E-state index contributed by atoms with van der Waals surface area (Å²) in [7, 11) is 0. The topological polar surface area (TPSA) is 17.1 Å². The fraction of sp³-hybridized carbons (Fsp3) is 0.267. The first-order chi connectivity index (χ1) is 8.31. The molecule has 1 atom stereocenters. The zero-order valence-corrected chi connectivity index (χ0v) is 10.7. The molecule has 0 aliphatic rings. The van der Waals surface area contributed by atoms with E-state index in [4.69, 9.17) is 0 Å². The molecular weight excluding hydrogens is 228 g/mol. The van der Waals surface area contributed by atoms with Crippen molar-refractivity contribution >= 4 is 17.1 Å². The number of carbonyl (C=O) groups is 1. The average molecular weight is 244 g/mol. The molecule has 0 saturated carbocycles. The third kappa shape index (κ3) is 3.04. The summed E-state index contributed by atoms with van der Waals surface area (Å²) in [5.74, 6) is 0.605. The van der Waals surface area contributed by atoms with Crippen LogP contribution in [0.25, 0.3) is 0 Å². The monoisotopic (exact) mass is 244 g/mol. The van der Waals surface area contributed by atoms with Crippen LogP contribution in [-0.2, 0) is 0 Å². The zero-order valence-electron chi connectivity index (χ0n) is 9.93. The molecule has 1 aromatic heterocycles. The van der Waals surface area contributed by atoms with Crippen molar-refractivity contribution in [3.63, 3.8) is 0 Å². The number of Topliss-reactive ketones (excluding diaryl/α,β-unsaturated/α-hetero) is 1. The first kappa shape index (κ1) is 12.1. The van der Waals surface area contributed by atoms with Crippen LogP contribution in [0.15, 0.2) is 47.8 Å². The molecule has 0 saturated heterocycles. The van der Waals surface area contributed by atoms with Crippen LogP contribution < -0.4 is 0 Å². The minimum Gasteiger partial charge on any atom is -0.294 e. The number of thiophene rings is 1. The van der Waals surface area contributed by atoms with Crippen LogP contribution in [0.1, 0.15) is 40.9 Å². The quantitative estimate of drug-likeness (QED) is 0.707. The Kier molecular flexibility index (Phi) is 4.10. The Bertz CT molecular complexity index is 459. The van der Waals surface area contributed by atoms with E-state index in [1.165, 1.54) is 4.88 Å². The van der Waals surface area contributed by atoms with Crippen LogP contribution in [0.4, 0.5) is 0 Å². The van der Waals surface area contributed by atoms with Crippen molar-refractivity contribution in [3.05, 3.63) is 58.3 Å². The Morgan fingerprint density at radius 3 is 2.53 bits per heavy atom. The molecule has 88 valence electrons. The molecule has 2 rings (SSSR count). The van der Waals surface area contributed by atoms with Crippen molar-refractivity contribution in [3.8, 4) is 0 Å². The molecule has 0 aliphatic heterocycles. The standard InChI is InChI=1S/C15H16OS/c1-2-12(15-9-6-10-17-15)11-14(16)13-7-4-3-5-8-13/h3-10,12H,2,11H2,1H3/t12-/m1/s1. The van der Waals surface area contributed by atoms with Gasteiger partial charge in [0.05, 0.1) is 0 Å². The molecule has 1 nitrogen and oxygen atoms in total. The predicted molar refractivity (Wildman–Crippen MR) is 72.7 cm³/mol. The fourth-order valence-corrected chi connectivity index (χ4v) is 2.85. The van der Waals surface area contributed by atoms with E-state index >= 15 is 0 Å². The SMILES string of the molecule is CC[C@H](CC(=O)c1ccccc1)c1cccs1. The molecule has 2 heteroatoms. The summed E-state index contributed by atoms with van der Waals surface area (Å²) < 4.78 is 0. The lowest BCUT2D eigenvalue weighted by Crippen LogP contribution is -2.05. The second-order valence-electron chi connectivity index (χ2n) is 4.11. The molecule has 0 fully saturated rings. The lowest BCUT2D eigenvalue weighted by molar-refractivity contribution is 0.0973. The van der Waals surface area contributed by atoms with Gasteiger partial charge in [-0.1, -0.05) is 43.3 Å². The maximum absolute atomic E-state index is 12.1. The van der Waals surface area contributed by atoms with Crippen molar-refractivity contribution in [2.24, 2.45) is 0 Å². The minimum atomic E-state index is 0.242. The van der Waals surface area contributed by atoms with Crippen LogP contribution in [0.3, 0.4) is 0 Å². The Morgan fingerprint density at radius 2 is 1.94 bits per heavy atom. The summed E-state index contributed by atoms with van der Waals surface area (Å²) in [5.41, 5.74) is 0.822.